The summed E-state index contributed by atoms with van der Waals surface area (Å²) >= 11 is 0. The zero-order chi connectivity index (χ0) is 28.6. The fourth-order valence-corrected chi connectivity index (χ4v) is 7.13. The Hall–Kier alpha value is -3.50. The lowest BCUT2D eigenvalue weighted by Crippen LogP contribution is -2.68. The molecule has 0 unspecified atom stereocenters. The van der Waals surface area contributed by atoms with Gasteiger partial charge in [0.05, 0.1) is 36.5 Å². The van der Waals surface area contributed by atoms with Crippen molar-refractivity contribution in [1.29, 1.82) is 0 Å². The number of aryl methyl sites for hydroxylation is 1. The second-order valence-electron chi connectivity index (χ2n) is 13.0. The number of hydrogen-bond acceptors (Lipinski definition) is 7. The second-order valence-corrected chi connectivity index (χ2v) is 13.0. The normalized spacial score (nSPS) is 22.6. The van der Waals surface area contributed by atoms with E-state index in [4.69, 9.17) is 9.72 Å². The maximum atomic E-state index is 13.3. The summed E-state index contributed by atoms with van der Waals surface area (Å²) in [5.74, 6) is 1.46. The first kappa shape index (κ1) is 26.4. The summed E-state index contributed by atoms with van der Waals surface area (Å²) in [7, 11) is 0. The van der Waals surface area contributed by atoms with Crippen LogP contribution in [-0.4, -0.2) is 98.3 Å². The Bertz CT molecular complexity index is 1640. The molecule has 1 spiro atoms. The van der Waals surface area contributed by atoms with Crippen LogP contribution in [0.5, 0.6) is 0 Å². The van der Waals surface area contributed by atoms with Gasteiger partial charge >= 0.3 is 0 Å². The molecule has 3 saturated heterocycles. The maximum absolute atomic E-state index is 13.3. The summed E-state index contributed by atoms with van der Waals surface area (Å²) < 4.78 is 7.25. The number of nitrogens with zero attached hydrogens (tertiary/aromatic N) is 7. The van der Waals surface area contributed by atoms with Gasteiger partial charge < -0.3 is 19.5 Å². The van der Waals surface area contributed by atoms with Gasteiger partial charge in [-0.1, -0.05) is 13.8 Å². The van der Waals surface area contributed by atoms with Gasteiger partial charge in [-0.15, -0.1) is 0 Å². The van der Waals surface area contributed by atoms with Gasteiger partial charge in [0.15, 0.2) is 5.65 Å². The number of nitrogens with one attached hydrogen (secondary N) is 1. The minimum Gasteiger partial charge on any atom is -0.380 e. The quantitative estimate of drug-likeness (QED) is 0.400. The number of aromatic amines is 1. The van der Waals surface area contributed by atoms with Crippen LogP contribution in [0.4, 0.5) is 5.82 Å². The molecule has 4 aromatic rings. The maximum Gasteiger partial charge on any atom is 0.237 e. The zero-order valence-corrected chi connectivity index (χ0v) is 24.9. The second kappa shape index (κ2) is 9.52. The Morgan fingerprint density at radius 2 is 1.90 bits per heavy atom. The van der Waals surface area contributed by atoms with E-state index in [-0.39, 0.29) is 23.9 Å². The van der Waals surface area contributed by atoms with Crippen molar-refractivity contribution in [3.05, 3.63) is 41.3 Å². The lowest BCUT2D eigenvalue weighted by Gasteiger charge is -2.55. The third kappa shape index (κ3) is 4.22. The van der Waals surface area contributed by atoms with Crippen molar-refractivity contribution in [2.75, 3.05) is 50.8 Å². The molecule has 216 valence electrons. The molecule has 0 saturated carbocycles. The number of anilines is 1. The van der Waals surface area contributed by atoms with Crippen molar-refractivity contribution >= 4 is 28.4 Å². The van der Waals surface area contributed by atoms with E-state index < -0.39 is 0 Å². The number of H-pyrrole nitrogens is 1. The van der Waals surface area contributed by atoms with Crippen molar-refractivity contribution < 1.29 is 9.53 Å². The number of ether oxygens (including phenoxy) is 1. The number of carbonyl (C=O) groups excluding carboxylic acids is 1. The molecule has 1 N–H and O–H groups in total. The van der Waals surface area contributed by atoms with E-state index in [9.17, 15) is 4.79 Å². The van der Waals surface area contributed by atoms with E-state index in [2.05, 4.69) is 89.6 Å². The van der Waals surface area contributed by atoms with Crippen LogP contribution in [0.25, 0.3) is 27.9 Å². The molecule has 0 aromatic carbocycles. The van der Waals surface area contributed by atoms with E-state index in [0.717, 1.165) is 72.2 Å². The van der Waals surface area contributed by atoms with E-state index in [0.29, 0.717) is 18.5 Å². The van der Waals surface area contributed by atoms with Crippen molar-refractivity contribution in [1.82, 2.24) is 34.4 Å². The summed E-state index contributed by atoms with van der Waals surface area (Å²) in [5, 5.41) is 4.41. The first-order valence-electron chi connectivity index (χ1n) is 14.8. The number of piperazine rings is 1. The fraction of sp³-hybridized carbons (Fsp3) is 0.548. The van der Waals surface area contributed by atoms with Gasteiger partial charge in [-0.25, -0.2) is 14.5 Å². The van der Waals surface area contributed by atoms with Gasteiger partial charge in [0.25, 0.3) is 0 Å². The molecular formula is C31H40N8O2. The van der Waals surface area contributed by atoms with Crippen LogP contribution >= 0.6 is 0 Å². The number of likely N-dealkylation sites (tertiary alicyclic amines) is 1. The number of carbonyl (C=O) groups is 1. The Morgan fingerprint density at radius 3 is 2.61 bits per heavy atom. The van der Waals surface area contributed by atoms with Gasteiger partial charge in [-0.05, 0) is 56.9 Å². The predicted molar refractivity (Wildman–Crippen MR) is 159 cm³/mol. The number of aromatic nitrogens is 5. The topological polar surface area (TPSA) is 94.9 Å². The Morgan fingerprint density at radius 1 is 1.12 bits per heavy atom. The molecule has 3 fully saturated rings. The Balaban J connectivity index is 1.16. The molecule has 0 bridgehead atoms. The first-order chi connectivity index (χ1) is 19.6. The molecule has 3 aliphatic rings. The third-order valence-electron chi connectivity index (χ3n) is 9.53. The highest BCUT2D eigenvalue weighted by Crippen LogP contribution is 2.39. The monoisotopic (exact) mass is 556 g/mol. The molecule has 10 heteroatoms. The highest BCUT2D eigenvalue weighted by molar-refractivity contribution is 5.90. The van der Waals surface area contributed by atoms with Gasteiger partial charge in [-0.3, -0.25) is 9.69 Å². The highest BCUT2D eigenvalue weighted by atomic mass is 16.5. The number of fused-ring (bicyclic) bond motifs is 2. The van der Waals surface area contributed by atoms with E-state index in [1.165, 1.54) is 11.1 Å². The zero-order valence-electron chi connectivity index (χ0n) is 24.9. The van der Waals surface area contributed by atoms with Crippen molar-refractivity contribution in [3.8, 4) is 11.3 Å². The highest BCUT2D eigenvalue weighted by Gasteiger charge is 2.49. The molecule has 7 rings (SSSR count). The van der Waals surface area contributed by atoms with E-state index >= 15 is 0 Å². The van der Waals surface area contributed by atoms with Crippen molar-refractivity contribution in [2.45, 2.75) is 59.5 Å². The number of amides is 1. The van der Waals surface area contributed by atoms with Gasteiger partial charge in [0.1, 0.15) is 12.1 Å². The summed E-state index contributed by atoms with van der Waals surface area (Å²) in [4.78, 5) is 33.4. The van der Waals surface area contributed by atoms with Crippen molar-refractivity contribution in [2.24, 2.45) is 5.41 Å². The van der Waals surface area contributed by atoms with Gasteiger partial charge in [0, 0.05) is 61.0 Å². The minimum atomic E-state index is 0.116. The minimum absolute atomic E-state index is 0.116. The van der Waals surface area contributed by atoms with Crippen LogP contribution in [0.15, 0.2) is 24.7 Å². The molecule has 10 nitrogen and oxygen atoms in total. The number of hydrogen-bond donors (Lipinski definition) is 1. The lowest BCUT2D eigenvalue weighted by atomic mass is 9.78. The Labute approximate surface area is 240 Å². The lowest BCUT2D eigenvalue weighted by molar-refractivity contribution is -0.191. The SMILES string of the molecule is Cc1c(-c2[nH]c3ccc(N4C[C@@H](C)N(C(=O)CN5CC6(COC6)C5)C[C@@H]4C)nc3c2C(C)C)cn2ncnc2c1C. The van der Waals surface area contributed by atoms with Crippen LogP contribution in [0, 0.1) is 19.3 Å². The molecule has 4 aromatic heterocycles. The smallest absolute Gasteiger partial charge is 0.237 e. The number of rotatable bonds is 5. The predicted octanol–water partition coefficient (Wildman–Crippen LogP) is 3.77. The molecule has 7 heterocycles. The average molecular weight is 557 g/mol. The molecule has 0 aliphatic carbocycles. The van der Waals surface area contributed by atoms with Crippen LogP contribution < -0.4 is 4.90 Å². The number of pyridine rings is 2. The summed E-state index contributed by atoms with van der Waals surface area (Å²) in [6, 6.07) is 4.56. The molecular weight excluding hydrogens is 516 g/mol. The largest absolute Gasteiger partial charge is 0.380 e. The summed E-state index contributed by atoms with van der Waals surface area (Å²) in [5.41, 5.74) is 9.00. The summed E-state index contributed by atoms with van der Waals surface area (Å²) in [6.45, 7) is 18.7. The molecule has 1 amide bonds. The van der Waals surface area contributed by atoms with Gasteiger partial charge in [0.2, 0.25) is 5.91 Å². The van der Waals surface area contributed by atoms with E-state index in [1.807, 2.05) is 4.52 Å². The summed E-state index contributed by atoms with van der Waals surface area (Å²) in [6.07, 6.45) is 3.68. The van der Waals surface area contributed by atoms with Crippen LogP contribution in [0.3, 0.4) is 0 Å². The Kier molecular flexibility index (Phi) is 6.13. The fourth-order valence-electron chi connectivity index (χ4n) is 7.13. The molecule has 0 radical (unpaired) electrons. The molecule has 2 atom stereocenters. The van der Waals surface area contributed by atoms with Crippen LogP contribution in [0.2, 0.25) is 0 Å². The molecule has 41 heavy (non-hydrogen) atoms. The third-order valence-corrected chi connectivity index (χ3v) is 9.53. The van der Waals surface area contributed by atoms with Crippen LogP contribution in [0.1, 0.15) is 50.3 Å². The average Bonchev–Trinajstić information content (AvgIpc) is 3.52. The standard InChI is InChI=1S/C31H40N8O2/c1-18(2)27-28(23-11-39-30(32-17-33-39)22(6)21(23)5)34-24-7-8-25(35-29(24)27)37-9-20(4)38(10-19(37)3)26(40)12-36-13-31(14-36)15-41-16-31/h7-8,11,17-20,34H,9-10,12-16H2,1-6H3/t19-,20+/m0/s1. The van der Waals surface area contributed by atoms with Crippen LogP contribution in [-0.2, 0) is 9.53 Å². The first-order valence-corrected chi connectivity index (χ1v) is 14.8. The van der Waals surface area contributed by atoms with E-state index in [1.54, 1.807) is 6.33 Å². The molecule has 3 aliphatic heterocycles. The van der Waals surface area contributed by atoms with Crippen molar-refractivity contribution in [3.63, 3.8) is 0 Å². The van der Waals surface area contributed by atoms with Gasteiger partial charge in [-0.2, -0.15) is 5.10 Å².